The Morgan fingerprint density at radius 2 is 1.58 bits per heavy atom. The van der Waals surface area contributed by atoms with Crippen molar-refractivity contribution in [1.82, 2.24) is 10.2 Å². The number of carbonyl (C=O) groups excluding carboxylic acids is 2. The zero-order chi connectivity index (χ0) is 28.0. The molecule has 0 aliphatic carbocycles. The van der Waals surface area contributed by atoms with E-state index in [1.165, 1.54) is 60.4 Å². The summed E-state index contributed by atoms with van der Waals surface area (Å²) in [5.74, 6) is -2.00. The van der Waals surface area contributed by atoms with Crippen LogP contribution in [0.25, 0.3) is 0 Å². The van der Waals surface area contributed by atoms with Crippen LogP contribution in [0.3, 0.4) is 0 Å². The Kier molecular flexibility index (Phi) is 9.76. The highest BCUT2D eigenvalue weighted by atomic mass is 35.5. The molecule has 0 aliphatic rings. The van der Waals surface area contributed by atoms with Crippen LogP contribution >= 0.6 is 23.2 Å². The van der Waals surface area contributed by atoms with Crippen molar-refractivity contribution < 1.29 is 22.4 Å². The molecule has 2 amide bonds. The molecule has 0 saturated carbocycles. The van der Waals surface area contributed by atoms with Crippen molar-refractivity contribution in [2.45, 2.75) is 44.3 Å². The van der Waals surface area contributed by atoms with Gasteiger partial charge in [0.15, 0.2) is 0 Å². The fraction of sp³-hybridized carbons (Fsp3) is 0.259. The third kappa shape index (κ3) is 7.03. The number of nitrogens with zero attached hydrogens (tertiary/aromatic N) is 2. The Balaban J connectivity index is 2.05. The van der Waals surface area contributed by atoms with E-state index in [0.29, 0.717) is 14.9 Å². The molecule has 0 fully saturated rings. The Morgan fingerprint density at radius 3 is 2.18 bits per heavy atom. The number of sulfonamides is 1. The second-order valence-electron chi connectivity index (χ2n) is 8.87. The number of anilines is 1. The summed E-state index contributed by atoms with van der Waals surface area (Å²) in [7, 11) is -4.36. The number of nitrogens with one attached hydrogen (secondary N) is 1. The highest BCUT2D eigenvalue weighted by molar-refractivity contribution is 7.92. The van der Waals surface area contributed by atoms with E-state index in [-0.39, 0.29) is 28.2 Å². The number of benzene rings is 3. The smallest absolute Gasteiger partial charge is 0.264 e. The molecule has 3 rings (SSSR count). The van der Waals surface area contributed by atoms with Gasteiger partial charge in [0.1, 0.15) is 18.4 Å². The standard InChI is InChI=1S/C27H28Cl2FN3O4S/c1-18(2)31-27(35)19(3)32(16-20-13-14-21(28)15-23(20)29)26(34)17-33(25-12-8-7-11-24(25)30)38(36,37)22-9-5-4-6-10-22/h4-15,18-19H,16-17H2,1-3H3,(H,31,35)/t19-/m0/s1. The number of rotatable bonds is 10. The van der Waals surface area contributed by atoms with Gasteiger partial charge in [-0.05, 0) is 62.7 Å². The maximum Gasteiger partial charge on any atom is 0.264 e. The molecular formula is C27H28Cl2FN3O4S. The number of hydrogen-bond acceptors (Lipinski definition) is 4. The van der Waals surface area contributed by atoms with E-state index < -0.39 is 40.2 Å². The average molecular weight is 581 g/mol. The minimum atomic E-state index is -4.36. The number of carbonyl (C=O) groups is 2. The van der Waals surface area contributed by atoms with Crippen molar-refractivity contribution in [3.8, 4) is 0 Å². The summed E-state index contributed by atoms with van der Waals surface area (Å²) in [5, 5.41) is 3.42. The zero-order valence-electron chi connectivity index (χ0n) is 21.1. The SMILES string of the molecule is CC(C)NC(=O)[C@H](C)N(Cc1ccc(Cl)cc1Cl)C(=O)CN(c1ccccc1F)S(=O)(=O)c1ccccc1. The molecule has 3 aromatic rings. The van der Waals surface area contributed by atoms with Gasteiger partial charge >= 0.3 is 0 Å². The first kappa shape index (κ1) is 29.4. The third-order valence-electron chi connectivity index (χ3n) is 5.69. The molecular weight excluding hydrogens is 552 g/mol. The van der Waals surface area contributed by atoms with Crippen LogP contribution in [-0.2, 0) is 26.2 Å². The van der Waals surface area contributed by atoms with Gasteiger partial charge in [-0.3, -0.25) is 13.9 Å². The van der Waals surface area contributed by atoms with Gasteiger partial charge in [0.2, 0.25) is 11.8 Å². The lowest BCUT2D eigenvalue weighted by atomic mass is 10.1. The Morgan fingerprint density at radius 1 is 0.947 bits per heavy atom. The first-order valence-electron chi connectivity index (χ1n) is 11.8. The van der Waals surface area contributed by atoms with Crippen molar-refractivity contribution in [2.75, 3.05) is 10.8 Å². The van der Waals surface area contributed by atoms with Crippen LogP contribution in [0.5, 0.6) is 0 Å². The van der Waals surface area contributed by atoms with Gasteiger partial charge in [0, 0.05) is 22.6 Å². The highest BCUT2D eigenvalue weighted by Crippen LogP contribution is 2.28. The number of para-hydroxylation sites is 1. The quantitative estimate of drug-likeness (QED) is 0.354. The largest absolute Gasteiger partial charge is 0.352 e. The van der Waals surface area contributed by atoms with Gasteiger partial charge in [-0.2, -0.15) is 0 Å². The van der Waals surface area contributed by atoms with E-state index in [9.17, 15) is 22.4 Å². The maximum absolute atomic E-state index is 14.9. The third-order valence-corrected chi connectivity index (χ3v) is 8.05. The van der Waals surface area contributed by atoms with Crippen LogP contribution in [0, 0.1) is 5.82 Å². The topological polar surface area (TPSA) is 86.8 Å². The van der Waals surface area contributed by atoms with Gasteiger partial charge in [-0.25, -0.2) is 12.8 Å². The minimum absolute atomic E-state index is 0.113. The molecule has 0 aromatic heterocycles. The lowest BCUT2D eigenvalue weighted by Crippen LogP contribution is -2.52. The van der Waals surface area contributed by atoms with Crippen LogP contribution in [0.4, 0.5) is 10.1 Å². The number of hydrogen-bond donors (Lipinski definition) is 1. The predicted octanol–water partition coefficient (Wildman–Crippen LogP) is 5.27. The average Bonchev–Trinajstić information content (AvgIpc) is 2.87. The van der Waals surface area contributed by atoms with E-state index in [1.807, 2.05) is 0 Å². The molecule has 11 heteroatoms. The number of amides is 2. The van der Waals surface area contributed by atoms with Crippen LogP contribution in [0.1, 0.15) is 26.3 Å². The van der Waals surface area contributed by atoms with Gasteiger partial charge in [0.05, 0.1) is 10.6 Å². The van der Waals surface area contributed by atoms with Crippen LogP contribution < -0.4 is 9.62 Å². The second kappa shape index (κ2) is 12.6. The van der Waals surface area contributed by atoms with E-state index in [0.717, 1.165) is 6.07 Å². The number of halogens is 3. The first-order valence-corrected chi connectivity index (χ1v) is 14.0. The maximum atomic E-state index is 14.9. The summed E-state index contributed by atoms with van der Waals surface area (Å²) in [5.41, 5.74) is 0.199. The summed E-state index contributed by atoms with van der Waals surface area (Å²) in [6.07, 6.45) is 0. The van der Waals surface area contributed by atoms with Gasteiger partial charge < -0.3 is 10.2 Å². The fourth-order valence-electron chi connectivity index (χ4n) is 3.71. The summed E-state index contributed by atoms with van der Waals surface area (Å²) >= 11 is 12.4. The monoisotopic (exact) mass is 579 g/mol. The molecule has 0 spiro atoms. The molecule has 1 N–H and O–H groups in total. The van der Waals surface area contributed by atoms with E-state index in [2.05, 4.69) is 5.32 Å². The molecule has 3 aromatic carbocycles. The summed E-state index contributed by atoms with van der Waals surface area (Å²) in [6, 6.07) is 16.2. The Hall–Kier alpha value is -3.14. The van der Waals surface area contributed by atoms with Crippen molar-refractivity contribution in [3.63, 3.8) is 0 Å². The minimum Gasteiger partial charge on any atom is -0.352 e. The molecule has 0 aliphatic heterocycles. The molecule has 0 radical (unpaired) electrons. The predicted molar refractivity (Wildman–Crippen MR) is 147 cm³/mol. The molecule has 0 unspecified atom stereocenters. The molecule has 1 atom stereocenters. The van der Waals surface area contributed by atoms with Gasteiger partial charge in [-0.15, -0.1) is 0 Å². The molecule has 38 heavy (non-hydrogen) atoms. The summed E-state index contributed by atoms with van der Waals surface area (Å²) < 4.78 is 42.8. The molecule has 0 bridgehead atoms. The molecule has 0 heterocycles. The molecule has 7 nitrogen and oxygen atoms in total. The van der Waals surface area contributed by atoms with Gasteiger partial charge in [-0.1, -0.05) is 59.6 Å². The normalized spacial score (nSPS) is 12.2. The van der Waals surface area contributed by atoms with Crippen LogP contribution in [0.2, 0.25) is 10.0 Å². The van der Waals surface area contributed by atoms with E-state index in [1.54, 1.807) is 32.0 Å². The van der Waals surface area contributed by atoms with E-state index >= 15 is 0 Å². The fourth-order valence-corrected chi connectivity index (χ4v) is 5.62. The molecule has 0 saturated heterocycles. The van der Waals surface area contributed by atoms with Crippen molar-refractivity contribution in [2.24, 2.45) is 0 Å². The first-order chi connectivity index (χ1) is 17.9. The van der Waals surface area contributed by atoms with Crippen LogP contribution in [0.15, 0.2) is 77.7 Å². The van der Waals surface area contributed by atoms with Crippen molar-refractivity contribution in [3.05, 3.63) is 94.2 Å². The molecule has 202 valence electrons. The summed E-state index contributed by atoms with van der Waals surface area (Å²) in [6.45, 7) is 4.21. The van der Waals surface area contributed by atoms with Gasteiger partial charge in [0.25, 0.3) is 10.0 Å². The second-order valence-corrected chi connectivity index (χ2v) is 11.6. The van der Waals surface area contributed by atoms with Crippen molar-refractivity contribution in [1.29, 1.82) is 0 Å². The summed E-state index contributed by atoms with van der Waals surface area (Å²) in [4.78, 5) is 27.8. The lowest BCUT2D eigenvalue weighted by molar-refractivity contribution is -0.139. The zero-order valence-corrected chi connectivity index (χ0v) is 23.4. The lowest BCUT2D eigenvalue weighted by Gasteiger charge is -2.32. The van der Waals surface area contributed by atoms with Crippen molar-refractivity contribution >= 4 is 50.7 Å². The highest BCUT2D eigenvalue weighted by Gasteiger charge is 2.33. The Bertz CT molecular complexity index is 1400. The van der Waals surface area contributed by atoms with E-state index in [4.69, 9.17) is 23.2 Å². The Labute approximate surface area is 232 Å². The van der Waals surface area contributed by atoms with Crippen LogP contribution in [-0.4, -0.2) is 43.8 Å².